The number of nitrogen functional groups attached to an aromatic ring is 1. The van der Waals surface area contributed by atoms with Gasteiger partial charge in [-0.15, -0.1) is 0 Å². The highest BCUT2D eigenvalue weighted by Crippen LogP contribution is 2.26. The molecule has 0 atom stereocenters. The van der Waals surface area contributed by atoms with E-state index >= 15 is 0 Å². The second-order valence-corrected chi connectivity index (χ2v) is 5.91. The van der Waals surface area contributed by atoms with E-state index in [9.17, 15) is 17.9 Å². The molecule has 7 heteroatoms. The van der Waals surface area contributed by atoms with Gasteiger partial charge >= 0.3 is 0 Å². The first kappa shape index (κ1) is 14.1. The number of sulfonamides is 1. The van der Waals surface area contributed by atoms with Gasteiger partial charge in [0.15, 0.2) is 0 Å². The number of para-hydroxylation sites is 1. The second-order valence-electron chi connectivity index (χ2n) is 4.26. The van der Waals surface area contributed by atoms with E-state index in [0.717, 1.165) is 6.07 Å². The van der Waals surface area contributed by atoms with Crippen LogP contribution in [0.1, 0.15) is 5.56 Å². The van der Waals surface area contributed by atoms with Crippen LogP contribution in [-0.4, -0.2) is 13.5 Å². The number of hydrogen-bond donors (Lipinski definition) is 3. The first-order valence-electron chi connectivity index (χ1n) is 5.67. The van der Waals surface area contributed by atoms with E-state index < -0.39 is 21.5 Å². The number of phenolic OH excluding ortho intramolecular Hbond substituents is 1. The molecular formula is C13H13FN2O3S. The van der Waals surface area contributed by atoms with Crippen molar-refractivity contribution in [1.29, 1.82) is 0 Å². The zero-order chi connectivity index (χ0) is 14.9. The summed E-state index contributed by atoms with van der Waals surface area (Å²) in [6.45, 7) is 1.68. The third-order valence-electron chi connectivity index (χ3n) is 2.76. The normalized spacial score (nSPS) is 11.3. The molecule has 0 saturated carbocycles. The van der Waals surface area contributed by atoms with Gasteiger partial charge in [0.25, 0.3) is 10.0 Å². The molecule has 5 nitrogen and oxygen atoms in total. The van der Waals surface area contributed by atoms with Crippen molar-refractivity contribution in [3.8, 4) is 5.75 Å². The summed E-state index contributed by atoms with van der Waals surface area (Å²) in [5.74, 6) is -0.850. The van der Waals surface area contributed by atoms with E-state index in [-0.39, 0.29) is 16.3 Å². The highest BCUT2D eigenvalue weighted by Gasteiger charge is 2.19. The molecule has 106 valence electrons. The standard InChI is InChI=1S/C13H13FN2O3S/c1-8-5-6-9(7-11(8)17)16-20(18,19)12-4-2-3-10(14)13(12)15/h2-7,16-17H,15H2,1H3. The van der Waals surface area contributed by atoms with Crippen LogP contribution in [0.2, 0.25) is 0 Å². The van der Waals surface area contributed by atoms with Crippen molar-refractivity contribution in [3.63, 3.8) is 0 Å². The van der Waals surface area contributed by atoms with Crippen LogP contribution in [0.4, 0.5) is 15.8 Å². The molecule has 2 rings (SSSR count). The first-order chi connectivity index (χ1) is 9.31. The van der Waals surface area contributed by atoms with Gasteiger partial charge in [-0.1, -0.05) is 12.1 Å². The van der Waals surface area contributed by atoms with Crippen LogP contribution in [0.3, 0.4) is 0 Å². The average Bonchev–Trinajstić information content (AvgIpc) is 2.36. The van der Waals surface area contributed by atoms with Gasteiger partial charge in [-0.2, -0.15) is 0 Å². The van der Waals surface area contributed by atoms with Crippen LogP contribution in [0.25, 0.3) is 0 Å². The van der Waals surface area contributed by atoms with E-state index in [1.54, 1.807) is 13.0 Å². The predicted octanol–water partition coefficient (Wildman–Crippen LogP) is 2.22. The van der Waals surface area contributed by atoms with Crippen molar-refractivity contribution < 1.29 is 17.9 Å². The van der Waals surface area contributed by atoms with Gasteiger partial charge < -0.3 is 10.8 Å². The number of nitrogens with two attached hydrogens (primary N) is 1. The van der Waals surface area contributed by atoms with Gasteiger partial charge in [-0.3, -0.25) is 4.72 Å². The summed E-state index contributed by atoms with van der Waals surface area (Å²) in [5.41, 5.74) is 5.76. The summed E-state index contributed by atoms with van der Waals surface area (Å²) in [6, 6.07) is 7.85. The van der Waals surface area contributed by atoms with Crippen molar-refractivity contribution in [2.45, 2.75) is 11.8 Å². The Morgan fingerprint density at radius 3 is 2.60 bits per heavy atom. The summed E-state index contributed by atoms with van der Waals surface area (Å²) in [4.78, 5) is -0.349. The van der Waals surface area contributed by atoms with Gasteiger partial charge in [-0.25, -0.2) is 12.8 Å². The maximum atomic E-state index is 13.3. The van der Waals surface area contributed by atoms with Crippen LogP contribution in [0.15, 0.2) is 41.3 Å². The highest BCUT2D eigenvalue weighted by molar-refractivity contribution is 7.92. The van der Waals surface area contributed by atoms with Crippen molar-refractivity contribution in [1.82, 2.24) is 0 Å². The Hall–Kier alpha value is -2.28. The lowest BCUT2D eigenvalue weighted by Gasteiger charge is -2.11. The first-order valence-corrected chi connectivity index (χ1v) is 7.16. The lowest BCUT2D eigenvalue weighted by molar-refractivity contribution is 0.471. The van der Waals surface area contributed by atoms with Crippen molar-refractivity contribution in [3.05, 3.63) is 47.8 Å². The molecule has 0 aromatic heterocycles. The molecule has 0 heterocycles. The molecular weight excluding hydrogens is 283 g/mol. The topological polar surface area (TPSA) is 92.4 Å². The minimum absolute atomic E-state index is 0.0441. The van der Waals surface area contributed by atoms with Crippen LogP contribution in [0.5, 0.6) is 5.75 Å². The van der Waals surface area contributed by atoms with Crippen LogP contribution in [0, 0.1) is 12.7 Å². The number of aromatic hydroxyl groups is 1. The number of phenols is 1. The Bertz CT molecular complexity index is 760. The summed E-state index contributed by atoms with van der Waals surface area (Å²) in [6.07, 6.45) is 0. The third kappa shape index (κ3) is 2.67. The van der Waals surface area contributed by atoms with E-state index in [1.165, 1.54) is 24.3 Å². The molecule has 2 aromatic carbocycles. The number of anilines is 2. The Balaban J connectivity index is 2.41. The van der Waals surface area contributed by atoms with Crippen LogP contribution >= 0.6 is 0 Å². The molecule has 0 aliphatic carbocycles. The van der Waals surface area contributed by atoms with Crippen molar-refractivity contribution >= 4 is 21.4 Å². The largest absolute Gasteiger partial charge is 0.508 e. The lowest BCUT2D eigenvalue weighted by Crippen LogP contribution is -2.15. The van der Waals surface area contributed by atoms with Gasteiger partial charge in [0.05, 0.1) is 11.4 Å². The van der Waals surface area contributed by atoms with Crippen molar-refractivity contribution in [2.75, 3.05) is 10.5 Å². The van der Waals surface area contributed by atoms with Gasteiger partial charge in [-0.05, 0) is 30.7 Å². The molecule has 20 heavy (non-hydrogen) atoms. The molecule has 2 aromatic rings. The number of hydrogen-bond acceptors (Lipinski definition) is 4. The number of benzene rings is 2. The Kier molecular flexibility index (Phi) is 3.54. The minimum Gasteiger partial charge on any atom is -0.508 e. The fourth-order valence-electron chi connectivity index (χ4n) is 1.63. The fourth-order valence-corrected chi connectivity index (χ4v) is 2.83. The molecule has 0 fully saturated rings. The molecule has 0 bridgehead atoms. The van der Waals surface area contributed by atoms with E-state index in [2.05, 4.69) is 4.72 Å². The summed E-state index contributed by atoms with van der Waals surface area (Å²) in [5, 5.41) is 9.55. The molecule has 0 aliphatic heterocycles. The summed E-state index contributed by atoms with van der Waals surface area (Å²) < 4.78 is 39.8. The predicted molar refractivity (Wildman–Crippen MR) is 74.5 cm³/mol. The SMILES string of the molecule is Cc1ccc(NS(=O)(=O)c2cccc(F)c2N)cc1O. The van der Waals surface area contributed by atoms with Crippen LogP contribution in [-0.2, 0) is 10.0 Å². The highest BCUT2D eigenvalue weighted by atomic mass is 32.2. The fraction of sp³-hybridized carbons (Fsp3) is 0.0769. The molecule has 0 saturated heterocycles. The smallest absolute Gasteiger partial charge is 0.264 e. The molecule has 0 spiro atoms. The average molecular weight is 296 g/mol. The summed E-state index contributed by atoms with van der Waals surface area (Å²) in [7, 11) is -4.02. The summed E-state index contributed by atoms with van der Waals surface area (Å²) >= 11 is 0. The number of rotatable bonds is 3. The van der Waals surface area contributed by atoms with Crippen LogP contribution < -0.4 is 10.5 Å². The van der Waals surface area contributed by atoms with Gasteiger partial charge in [0.2, 0.25) is 0 Å². The minimum atomic E-state index is -4.02. The number of aryl methyl sites for hydroxylation is 1. The monoisotopic (exact) mass is 296 g/mol. The van der Waals surface area contributed by atoms with E-state index in [0.29, 0.717) is 5.56 Å². The van der Waals surface area contributed by atoms with E-state index in [4.69, 9.17) is 5.73 Å². The molecule has 0 amide bonds. The maximum absolute atomic E-state index is 13.3. The number of halogens is 1. The second kappa shape index (κ2) is 5.01. The Morgan fingerprint density at radius 2 is 1.95 bits per heavy atom. The molecule has 4 N–H and O–H groups in total. The zero-order valence-corrected chi connectivity index (χ0v) is 11.4. The Morgan fingerprint density at radius 1 is 1.25 bits per heavy atom. The van der Waals surface area contributed by atoms with Gasteiger partial charge in [0, 0.05) is 6.07 Å². The molecule has 0 aliphatic rings. The number of nitrogens with one attached hydrogen (secondary N) is 1. The molecule has 0 unspecified atom stereocenters. The zero-order valence-electron chi connectivity index (χ0n) is 10.6. The van der Waals surface area contributed by atoms with E-state index in [1.807, 2.05) is 0 Å². The Labute approximate surface area is 115 Å². The van der Waals surface area contributed by atoms with Gasteiger partial charge in [0.1, 0.15) is 16.5 Å². The third-order valence-corrected chi connectivity index (χ3v) is 4.20. The van der Waals surface area contributed by atoms with Crippen molar-refractivity contribution in [2.24, 2.45) is 0 Å². The maximum Gasteiger partial charge on any atom is 0.264 e. The lowest BCUT2D eigenvalue weighted by atomic mass is 10.2. The molecule has 0 radical (unpaired) electrons. The quantitative estimate of drug-likeness (QED) is 0.757.